The maximum Gasteiger partial charge on any atom is 0.213 e. The summed E-state index contributed by atoms with van der Waals surface area (Å²) < 4.78 is 5.54. The van der Waals surface area contributed by atoms with Gasteiger partial charge >= 0.3 is 0 Å². The lowest BCUT2D eigenvalue weighted by atomic mass is 10.3. The summed E-state index contributed by atoms with van der Waals surface area (Å²) in [6.45, 7) is 7.44. The summed E-state index contributed by atoms with van der Waals surface area (Å²) in [7, 11) is 1.76. The van der Waals surface area contributed by atoms with Crippen molar-refractivity contribution in [2.45, 2.75) is 39.8 Å². The molecule has 130 valence electrons. The van der Waals surface area contributed by atoms with Crippen molar-refractivity contribution in [1.82, 2.24) is 20.6 Å². The largest absolute Gasteiger partial charge is 0.475 e. The first-order valence-corrected chi connectivity index (χ1v) is 8.92. The topological polar surface area (TPSA) is 71.4 Å². The van der Waals surface area contributed by atoms with Gasteiger partial charge < -0.3 is 15.4 Å². The zero-order valence-corrected chi connectivity index (χ0v) is 15.5. The predicted molar refractivity (Wildman–Crippen MR) is 98.8 cm³/mol. The van der Waals surface area contributed by atoms with Crippen LogP contribution in [0.15, 0.2) is 28.7 Å². The van der Waals surface area contributed by atoms with E-state index in [0.717, 1.165) is 35.2 Å². The van der Waals surface area contributed by atoms with E-state index < -0.39 is 0 Å². The summed E-state index contributed by atoms with van der Waals surface area (Å²) >= 11 is 1.68. The maximum absolute atomic E-state index is 5.54. The number of aromatic nitrogens is 2. The molecular weight excluding hydrogens is 322 g/mol. The van der Waals surface area contributed by atoms with Gasteiger partial charge in [-0.1, -0.05) is 6.07 Å². The number of aliphatic imine (C=N–C) groups is 1. The third-order valence-corrected chi connectivity index (χ3v) is 4.00. The fraction of sp³-hybridized carbons (Fsp3) is 0.471. The highest BCUT2D eigenvalue weighted by Crippen LogP contribution is 2.09. The van der Waals surface area contributed by atoms with Crippen molar-refractivity contribution in [3.63, 3.8) is 0 Å². The molecule has 0 aliphatic rings. The van der Waals surface area contributed by atoms with Gasteiger partial charge in [-0.3, -0.25) is 4.99 Å². The number of guanidine groups is 1. The number of nitrogens with one attached hydrogen (secondary N) is 2. The van der Waals surface area contributed by atoms with Crippen LogP contribution in [0.3, 0.4) is 0 Å². The Balaban J connectivity index is 1.74. The Labute approximate surface area is 147 Å². The van der Waals surface area contributed by atoms with E-state index in [1.165, 1.54) is 0 Å². The van der Waals surface area contributed by atoms with Crippen molar-refractivity contribution in [3.8, 4) is 5.88 Å². The summed E-state index contributed by atoms with van der Waals surface area (Å²) in [5, 5.41) is 9.77. The summed E-state index contributed by atoms with van der Waals surface area (Å²) in [5.41, 5.74) is 2.19. The zero-order valence-electron chi connectivity index (χ0n) is 14.7. The van der Waals surface area contributed by atoms with E-state index in [1.54, 1.807) is 18.4 Å². The Hall–Kier alpha value is -2.15. The van der Waals surface area contributed by atoms with Crippen molar-refractivity contribution in [2.24, 2.45) is 4.99 Å². The Morgan fingerprint density at radius 3 is 2.75 bits per heavy atom. The standard InChI is InChI=1S/C17H25N5OS/c1-12(2)23-16-6-5-14(9-20-16)10-21-17(18-4)19-8-7-15-11-24-13(3)22-15/h5-6,9,11-12H,7-8,10H2,1-4H3,(H2,18,19,21). The van der Waals surface area contributed by atoms with Crippen LogP contribution in [0.2, 0.25) is 0 Å². The lowest BCUT2D eigenvalue weighted by molar-refractivity contribution is 0.232. The smallest absolute Gasteiger partial charge is 0.213 e. The van der Waals surface area contributed by atoms with E-state index in [9.17, 15) is 0 Å². The van der Waals surface area contributed by atoms with Gasteiger partial charge in [-0.15, -0.1) is 11.3 Å². The molecule has 24 heavy (non-hydrogen) atoms. The maximum atomic E-state index is 5.54. The minimum absolute atomic E-state index is 0.131. The van der Waals surface area contributed by atoms with E-state index in [1.807, 2.05) is 39.1 Å². The van der Waals surface area contributed by atoms with Gasteiger partial charge in [0.2, 0.25) is 5.88 Å². The molecule has 0 saturated carbocycles. The molecule has 0 aliphatic heterocycles. The van der Waals surface area contributed by atoms with Crippen LogP contribution in [-0.4, -0.2) is 35.6 Å². The second kappa shape index (κ2) is 9.22. The molecule has 0 saturated heterocycles. The highest BCUT2D eigenvalue weighted by atomic mass is 32.1. The molecule has 0 aliphatic carbocycles. The van der Waals surface area contributed by atoms with Crippen LogP contribution < -0.4 is 15.4 Å². The lowest BCUT2D eigenvalue weighted by Gasteiger charge is -2.12. The molecule has 2 aromatic rings. The fourth-order valence-electron chi connectivity index (χ4n) is 2.07. The van der Waals surface area contributed by atoms with Crippen molar-refractivity contribution in [1.29, 1.82) is 0 Å². The van der Waals surface area contributed by atoms with Crippen LogP contribution in [0.1, 0.15) is 30.1 Å². The third kappa shape index (κ3) is 6.16. The molecule has 2 heterocycles. The van der Waals surface area contributed by atoms with Crippen molar-refractivity contribution in [3.05, 3.63) is 40.0 Å². The molecule has 0 atom stereocenters. The van der Waals surface area contributed by atoms with Crippen molar-refractivity contribution >= 4 is 17.3 Å². The third-order valence-electron chi connectivity index (χ3n) is 3.18. The molecule has 0 amide bonds. The Morgan fingerprint density at radius 1 is 1.33 bits per heavy atom. The van der Waals surface area contributed by atoms with E-state index in [0.29, 0.717) is 12.4 Å². The lowest BCUT2D eigenvalue weighted by Crippen LogP contribution is -2.37. The molecular formula is C17H25N5OS. The monoisotopic (exact) mass is 347 g/mol. The molecule has 2 N–H and O–H groups in total. The molecule has 0 radical (unpaired) electrons. The summed E-state index contributed by atoms with van der Waals surface area (Å²) in [6, 6.07) is 3.89. The van der Waals surface area contributed by atoms with Crippen LogP contribution in [0.4, 0.5) is 0 Å². The number of aryl methyl sites for hydroxylation is 1. The quantitative estimate of drug-likeness (QED) is 0.595. The zero-order chi connectivity index (χ0) is 17.4. The van der Waals surface area contributed by atoms with Gasteiger partial charge in [0.1, 0.15) is 0 Å². The Kier molecular flexibility index (Phi) is 6.99. The first kappa shape index (κ1) is 18.2. The Bertz CT molecular complexity index is 651. The van der Waals surface area contributed by atoms with Crippen LogP contribution in [0.25, 0.3) is 0 Å². The second-order valence-electron chi connectivity index (χ2n) is 5.63. The van der Waals surface area contributed by atoms with Crippen LogP contribution >= 0.6 is 11.3 Å². The molecule has 0 fully saturated rings. The summed E-state index contributed by atoms with van der Waals surface area (Å²) in [4.78, 5) is 13.0. The minimum atomic E-state index is 0.131. The normalized spacial score (nSPS) is 11.6. The second-order valence-corrected chi connectivity index (χ2v) is 6.69. The van der Waals surface area contributed by atoms with E-state index in [-0.39, 0.29) is 6.10 Å². The molecule has 0 aromatic carbocycles. The van der Waals surface area contributed by atoms with Gasteiger partial charge in [0.15, 0.2) is 5.96 Å². The van der Waals surface area contributed by atoms with E-state index in [2.05, 4.69) is 31.0 Å². The first-order valence-electron chi connectivity index (χ1n) is 8.04. The first-order chi connectivity index (χ1) is 11.6. The van der Waals surface area contributed by atoms with Crippen LogP contribution in [0.5, 0.6) is 5.88 Å². The molecule has 2 rings (SSSR count). The minimum Gasteiger partial charge on any atom is -0.475 e. The molecule has 6 nitrogen and oxygen atoms in total. The SMILES string of the molecule is CN=C(NCCc1csc(C)n1)NCc1ccc(OC(C)C)nc1. The van der Waals surface area contributed by atoms with Crippen LogP contribution in [-0.2, 0) is 13.0 Å². The molecule has 0 unspecified atom stereocenters. The molecule has 7 heteroatoms. The number of ether oxygens (including phenoxy) is 1. The fourth-order valence-corrected chi connectivity index (χ4v) is 2.71. The average Bonchev–Trinajstić information content (AvgIpc) is 2.97. The summed E-state index contributed by atoms with van der Waals surface area (Å²) in [6.07, 6.45) is 2.83. The van der Waals surface area contributed by atoms with Gasteiger partial charge in [-0.25, -0.2) is 9.97 Å². The molecule has 0 spiro atoms. The number of hydrogen-bond donors (Lipinski definition) is 2. The highest BCUT2D eigenvalue weighted by molar-refractivity contribution is 7.09. The predicted octanol–water partition coefficient (Wildman–Crippen LogP) is 2.54. The number of rotatable bonds is 7. The van der Waals surface area contributed by atoms with Gasteiger partial charge in [-0.05, 0) is 26.3 Å². The number of pyridine rings is 1. The van der Waals surface area contributed by atoms with Gasteiger partial charge in [0.25, 0.3) is 0 Å². The highest BCUT2D eigenvalue weighted by Gasteiger charge is 2.03. The van der Waals surface area contributed by atoms with Crippen molar-refractivity contribution in [2.75, 3.05) is 13.6 Å². The average molecular weight is 347 g/mol. The van der Waals surface area contributed by atoms with E-state index >= 15 is 0 Å². The molecule has 2 aromatic heterocycles. The van der Waals surface area contributed by atoms with E-state index in [4.69, 9.17) is 4.74 Å². The van der Waals surface area contributed by atoms with Gasteiger partial charge in [-0.2, -0.15) is 0 Å². The summed E-state index contributed by atoms with van der Waals surface area (Å²) in [5.74, 6) is 1.42. The van der Waals surface area contributed by atoms with Gasteiger partial charge in [0, 0.05) is 44.2 Å². The number of hydrogen-bond acceptors (Lipinski definition) is 5. The Morgan fingerprint density at radius 2 is 2.17 bits per heavy atom. The number of thiazole rings is 1. The molecule has 0 bridgehead atoms. The van der Waals surface area contributed by atoms with Gasteiger partial charge in [0.05, 0.1) is 16.8 Å². The number of nitrogens with zero attached hydrogens (tertiary/aromatic N) is 3. The van der Waals surface area contributed by atoms with Crippen LogP contribution in [0, 0.1) is 6.92 Å². The van der Waals surface area contributed by atoms with Crippen molar-refractivity contribution < 1.29 is 4.74 Å².